The van der Waals surface area contributed by atoms with Crippen LogP contribution in [0.4, 0.5) is 0 Å². The summed E-state index contributed by atoms with van der Waals surface area (Å²) in [5.41, 5.74) is 5.19. The van der Waals surface area contributed by atoms with Crippen molar-refractivity contribution in [3.8, 4) is 16.9 Å². The van der Waals surface area contributed by atoms with Crippen molar-refractivity contribution in [3.05, 3.63) is 53.1 Å². The molecule has 262 valence electrons. The average molecular weight is 687 g/mol. The van der Waals surface area contributed by atoms with Gasteiger partial charge >= 0.3 is 7.75 Å². The molecule has 0 saturated heterocycles. The largest absolute Gasteiger partial charge is 0.507 e. The van der Waals surface area contributed by atoms with Gasteiger partial charge in [-0.2, -0.15) is 0 Å². The van der Waals surface area contributed by atoms with Crippen molar-refractivity contribution in [2.75, 3.05) is 26.4 Å². The van der Waals surface area contributed by atoms with Gasteiger partial charge < -0.3 is 21.1 Å². The van der Waals surface area contributed by atoms with Gasteiger partial charge in [0.25, 0.3) is 0 Å². The third kappa shape index (κ3) is 7.49. The number of nitrogens with zero attached hydrogens (tertiary/aromatic N) is 1. The summed E-state index contributed by atoms with van der Waals surface area (Å²) in [6, 6.07) is 10.6. The van der Waals surface area contributed by atoms with E-state index in [-0.39, 0.29) is 50.3 Å². The number of carbonyl (C=O) groups is 4. The first-order valence-electron chi connectivity index (χ1n) is 16.7. The molecule has 13 heteroatoms. The summed E-state index contributed by atoms with van der Waals surface area (Å²) in [6.07, 6.45) is 1.97. The fourth-order valence-electron chi connectivity index (χ4n) is 7.22. The van der Waals surface area contributed by atoms with Crippen molar-refractivity contribution >= 4 is 31.0 Å². The maximum absolute atomic E-state index is 14.0. The summed E-state index contributed by atoms with van der Waals surface area (Å²) in [4.78, 5) is 52.4. The van der Waals surface area contributed by atoms with Gasteiger partial charge in [0.05, 0.1) is 31.1 Å². The summed E-state index contributed by atoms with van der Waals surface area (Å²) >= 11 is 0. The van der Waals surface area contributed by atoms with Gasteiger partial charge in [-0.1, -0.05) is 44.0 Å². The zero-order valence-electron chi connectivity index (χ0n) is 27.9. The summed E-state index contributed by atoms with van der Waals surface area (Å²) in [5.74, 6) is -7.31. The van der Waals surface area contributed by atoms with Gasteiger partial charge in [-0.3, -0.25) is 28.2 Å². The average Bonchev–Trinajstić information content (AvgIpc) is 3.03. The standard InChI is InChI=1S/C35H47N2O10P/c1-4-7-8-15-37(48(45,46-5-2)47-6-3)21-22-10-9-11-23(17-22)26-12-13-28(39)32-27(26)19-24-18-25(14-16-38)35(44,29(40)20-30(36)41)34(43)31(24)33(32)42/h9-13,17,24-25,31,38-39,44H,4-8,14-16,18-21H2,1-3H3,(H2,36,41)/t24-,25-,31?,35-/m1/s1. The molecule has 0 aromatic heterocycles. The second-order valence-corrected chi connectivity index (χ2v) is 14.6. The van der Waals surface area contributed by atoms with E-state index < -0.39 is 67.4 Å². The maximum atomic E-state index is 14.0. The number of primary amides is 1. The Morgan fingerprint density at radius 1 is 1.08 bits per heavy atom. The monoisotopic (exact) mass is 686 g/mol. The molecule has 4 atom stereocenters. The number of phenols is 1. The minimum absolute atomic E-state index is 0.0507. The van der Waals surface area contributed by atoms with Crippen molar-refractivity contribution < 1.29 is 48.1 Å². The Balaban J connectivity index is 1.73. The molecule has 0 bridgehead atoms. The number of benzene rings is 2. The molecule has 4 rings (SSSR count). The van der Waals surface area contributed by atoms with Gasteiger partial charge in [0.15, 0.2) is 23.0 Å². The number of aromatic hydroxyl groups is 1. The number of nitrogens with two attached hydrogens (primary N) is 1. The van der Waals surface area contributed by atoms with Crippen LogP contribution in [0.3, 0.4) is 0 Å². The molecule has 2 aliphatic rings. The first-order chi connectivity index (χ1) is 22.9. The second-order valence-electron chi connectivity index (χ2n) is 12.5. The molecule has 1 saturated carbocycles. The number of aliphatic hydroxyl groups is 2. The van der Waals surface area contributed by atoms with E-state index in [1.54, 1.807) is 24.6 Å². The fraction of sp³-hybridized carbons (Fsp3) is 0.543. The van der Waals surface area contributed by atoms with Crippen molar-refractivity contribution in [3.63, 3.8) is 0 Å². The second kappa shape index (κ2) is 16.0. The quantitative estimate of drug-likeness (QED) is 0.105. The molecule has 5 N–H and O–H groups in total. The number of ketones is 3. The van der Waals surface area contributed by atoms with E-state index in [0.29, 0.717) is 17.7 Å². The molecule has 0 aliphatic heterocycles. The Labute approximate surface area is 281 Å². The third-order valence-electron chi connectivity index (χ3n) is 9.38. The molecule has 1 amide bonds. The van der Waals surface area contributed by atoms with E-state index in [9.17, 15) is 39.1 Å². The molecule has 48 heavy (non-hydrogen) atoms. The molecule has 2 aromatic carbocycles. The van der Waals surface area contributed by atoms with Crippen LogP contribution in [-0.4, -0.2) is 75.2 Å². The van der Waals surface area contributed by atoms with E-state index in [0.717, 1.165) is 30.4 Å². The van der Waals surface area contributed by atoms with Crippen LogP contribution in [0, 0.1) is 17.8 Å². The molecule has 1 unspecified atom stereocenters. The molecular formula is C35H47N2O10P. The number of aliphatic hydroxyl groups excluding tert-OH is 1. The minimum Gasteiger partial charge on any atom is -0.507 e. The number of fused-ring (bicyclic) bond motifs is 2. The molecule has 2 aliphatic carbocycles. The van der Waals surface area contributed by atoms with E-state index in [4.69, 9.17) is 14.8 Å². The van der Waals surface area contributed by atoms with Crippen LogP contribution >= 0.6 is 7.75 Å². The van der Waals surface area contributed by atoms with E-state index in [1.165, 1.54) is 6.07 Å². The van der Waals surface area contributed by atoms with Crippen LogP contribution in [0.25, 0.3) is 11.1 Å². The lowest BCUT2D eigenvalue weighted by Gasteiger charge is -2.46. The highest BCUT2D eigenvalue weighted by atomic mass is 31.2. The van der Waals surface area contributed by atoms with E-state index in [2.05, 4.69) is 6.92 Å². The maximum Gasteiger partial charge on any atom is 0.408 e. The zero-order valence-corrected chi connectivity index (χ0v) is 28.7. The van der Waals surface area contributed by atoms with Crippen LogP contribution < -0.4 is 5.73 Å². The van der Waals surface area contributed by atoms with Crippen LogP contribution in [0.2, 0.25) is 0 Å². The summed E-state index contributed by atoms with van der Waals surface area (Å²) in [7, 11) is -3.58. The smallest absolute Gasteiger partial charge is 0.408 e. The Kier molecular flexibility index (Phi) is 12.5. The van der Waals surface area contributed by atoms with Crippen LogP contribution in [0.15, 0.2) is 36.4 Å². The molecular weight excluding hydrogens is 639 g/mol. The SMILES string of the molecule is CCCCCN(Cc1cccc(-c2ccc(O)c3c2C[C@H]2C[C@@H](CCO)[C@@](O)(C(=O)CC(N)=O)C(=O)C2C3=O)c1)P(=O)(OCC)OCC. The lowest BCUT2D eigenvalue weighted by Crippen LogP contribution is -2.63. The van der Waals surface area contributed by atoms with Crippen molar-refractivity contribution in [1.82, 2.24) is 4.67 Å². The number of unbranched alkanes of at least 4 members (excludes halogenated alkanes) is 2. The van der Waals surface area contributed by atoms with E-state index in [1.807, 2.05) is 24.3 Å². The first-order valence-corrected chi connectivity index (χ1v) is 18.2. The fourth-order valence-corrected chi connectivity index (χ4v) is 8.99. The first kappa shape index (κ1) is 37.6. The minimum atomic E-state index is -3.58. The van der Waals surface area contributed by atoms with Crippen LogP contribution in [0.1, 0.15) is 80.8 Å². The number of Topliss-reactive ketones (excluding diaryl/α,β-unsaturated/α-hetero) is 3. The molecule has 2 aromatic rings. The highest BCUT2D eigenvalue weighted by Crippen LogP contribution is 2.53. The number of hydrogen-bond acceptors (Lipinski definition) is 10. The van der Waals surface area contributed by atoms with Gasteiger partial charge in [0.2, 0.25) is 5.91 Å². The summed E-state index contributed by atoms with van der Waals surface area (Å²) < 4.78 is 26.9. The number of amides is 1. The summed E-state index contributed by atoms with van der Waals surface area (Å²) in [5, 5.41) is 32.1. The number of phenolic OH excluding ortho intramolecular Hbond substituents is 1. The Morgan fingerprint density at radius 2 is 1.79 bits per heavy atom. The van der Waals surface area contributed by atoms with Gasteiger partial charge in [0, 0.05) is 25.6 Å². The normalized spacial score (nSPS) is 22.4. The van der Waals surface area contributed by atoms with E-state index >= 15 is 0 Å². The Hall–Kier alpha value is -3.25. The summed E-state index contributed by atoms with van der Waals surface area (Å²) in [6.45, 7) is 6.39. The van der Waals surface area contributed by atoms with Crippen LogP contribution in [0.5, 0.6) is 5.75 Å². The molecule has 0 spiro atoms. The van der Waals surface area contributed by atoms with Gasteiger partial charge in [-0.15, -0.1) is 0 Å². The molecule has 0 radical (unpaired) electrons. The van der Waals surface area contributed by atoms with Gasteiger partial charge in [0.1, 0.15) is 5.75 Å². The highest BCUT2D eigenvalue weighted by Gasteiger charge is 2.60. The van der Waals surface area contributed by atoms with Crippen LogP contribution in [-0.2, 0) is 41.0 Å². The topological polar surface area (TPSA) is 194 Å². The highest BCUT2D eigenvalue weighted by molar-refractivity contribution is 7.51. The third-order valence-corrected chi connectivity index (χ3v) is 11.6. The number of carbonyl (C=O) groups excluding carboxylic acids is 4. The van der Waals surface area contributed by atoms with Crippen molar-refractivity contribution in [1.29, 1.82) is 0 Å². The van der Waals surface area contributed by atoms with Crippen molar-refractivity contribution in [2.45, 2.75) is 77.9 Å². The van der Waals surface area contributed by atoms with Gasteiger partial charge in [-0.05, 0) is 79.8 Å². The molecule has 0 heterocycles. The van der Waals surface area contributed by atoms with Gasteiger partial charge in [-0.25, -0.2) is 9.24 Å². The van der Waals surface area contributed by atoms with Crippen molar-refractivity contribution in [2.24, 2.45) is 23.5 Å². The number of hydrogen-bond donors (Lipinski definition) is 4. The molecule has 1 fully saturated rings. The Bertz CT molecular complexity index is 1570. The molecule has 12 nitrogen and oxygen atoms in total. The predicted molar refractivity (Wildman–Crippen MR) is 178 cm³/mol. The predicted octanol–water partition coefficient (Wildman–Crippen LogP) is 4.35. The lowest BCUT2D eigenvalue weighted by atomic mass is 9.57. The number of rotatable bonds is 17. The lowest BCUT2D eigenvalue weighted by molar-refractivity contribution is -0.167. The zero-order chi connectivity index (χ0) is 35.2. The Morgan fingerprint density at radius 3 is 2.42 bits per heavy atom.